The van der Waals surface area contributed by atoms with Crippen LogP contribution < -0.4 is 0 Å². The van der Waals surface area contributed by atoms with Crippen molar-refractivity contribution in [3.63, 3.8) is 0 Å². The Labute approximate surface area is 139 Å². The summed E-state index contributed by atoms with van der Waals surface area (Å²) in [6.45, 7) is 4.50. The molecular formula is C20H17S2. The Kier molecular flexibility index (Phi) is 3.51. The predicted molar refractivity (Wildman–Crippen MR) is 100 cm³/mol. The van der Waals surface area contributed by atoms with Crippen molar-refractivity contribution in [3.8, 4) is 0 Å². The van der Waals surface area contributed by atoms with Gasteiger partial charge in [-0.1, -0.05) is 50.2 Å². The first-order chi connectivity index (χ1) is 10.7. The van der Waals surface area contributed by atoms with Gasteiger partial charge in [0.15, 0.2) is 0 Å². The molecule has 2 heterocycles. The highest BCUT2D eigenvalue weighted by atomic mass is 32.1. The second kappa shape index (κ2) is 5.53. The first-order valence-corrected chi connectivity index (χ1v) is 9.12. The van der Waals surface area contributed by atoms with Crippen molar-refractivity contribution >= 4 is 42.8 Å². The average Bonchev–Trinajstić information content (AvgIpc) is 3.09. The van der Waals surface area contributed by atoms with Crippen LogP contribution in [0, 0.1) is 5.92 Å². The first-order valence-electron chi connectivity index (χ1n) is 7.49. The molecular weight excluding hydrogens is 304 g/mol. The summed E-state index contributed by atoms with van der Waals surface area (Å²) in [5.41, 5.74) is 0. The Bertz CT molecular complexity index is 787. The third-order valence-electron chi connectivity index (χ3n) is 4.04. The van der Waals surface area contributed by atoms with Gasteiger partial charge in [0, 0.05) is 25.1 Å². The highest BCUT2D eigenvalue weighted by Gasteiger charge is 2.22. The fraction of sp³-hybridized carbons (Fsp3) is 0.150. The summed E-state index contributed by atoms with van der Waals surface area (Å²) in [6, 6.07) is 22.1. The monoisotopic (exact) mass is 321 g/mol. The lowest BCUT2D eigenvalue weighted by Crippen LogP contribution is -2.02. The fourth-order valence-corrected chi connectivity index (χ4v) is 5.70. The molecule has 2 aromatic carbocycles. The van der Waals surface area contributed by atoms with Gasteiger partial charge in [-0.25, -0.2) is 0 Å². The van der Waals surface area contributed by atoms with Crippen molar-refractivity contribution in [1.82, 2.24) is 0 Å². The molecule has 0 saturated heterocycles. The summed E-state index contributed by atoms with van der Waals surface area (Å²) in [7, 11) is 0. The maximum Gasteiger partial charge on any atom is 0.0345 e. The van der Waals surface area contributed by atoms with E-state index in [4.69, 9.17) is 0 Å². The molecule has 4 rings (SSSR count). The Morgan fingerprint density at radius 1 is 0.727 bits per heavy atom. The molecule has 0 atom stereocenters. The van der Waals surface area contributed by atoms with Crippen LogP contribution in [0.3, 0.4) is 0 Å². The molecule has 0 amide bonds. The molecule has 0 saturated carbocycles. The Balaban J connectivity index is 1.86. The van der Waals surface area contributed by atoms with Crippen LogP contribution in [0.25, 0.3) is 20.2 Å². The molecule has 0 aliphatic heterocycles. The fourth-order valence-electron chi connectivity index (χ4n) is 3.00. The third kappa shape index (κ3) is 2.37. The highest BCUT2D eigenvalue weighted by Crippen LogP contribution is 2.43. The molecule has 4 aromatic rings. The summed E-state index contributed by atoms with van der Waals surface area (Å²) in [4.78, 5) is 2.90. The normalized spacial score (nSPS) is 12.0. The van der Waals surface area contributed by atoms with Gasteiger partial charge < -0.3 is 0 Å². The van der Waals surface area contributed by atoms with Crippen LogP contribution in [-0.2, 0) is 0 Å². The van der Waals surface area contributed by atoms with Gasteiger partial charge in [-0.05, 0) is 41.0 Å². The number of hydrogen-bond donors (Lipinski definition) is 0. The lowest BCUT2D eigenvalue weighted by Gasteiger charge is -2.17. The van der Waals surface area contributed by atoms with E-state index in [1.165, 1.54) is 35.8 Å². The summed E-state index contributed by atoms with van der Waals surface area (Å²) in [6.07, 6.45) is 0. The van der Waals surface area contributed by atoms with E-state index >= 15 is 0 Å². The highest BCUT2D eigenvalue weighted by molar-refractivity contribution is 7.20. The number of rotatable bonds is 3. The molecule has 0 spiro atoms. The SMILES string of the molecule is C[C](C)C(c1cc2ccccc2s1)c1cc2ccccc2s1. The second-order valence-electron chi connectivity index (χ2n) is 5.88. The van der Waals surface area contributed by atoms with Crippen molar-refractivity contribution in [1.29, 1.82) is 0 Å². The van der Waals surface area contributed by atoms with Crippen LogP contribution in [-0.4, -0.2) is 0 Å². The number of thiophene rings is 2. The van der Waals surface area contributed by atoms with Crippen molar-refractivity contribution in [2.24, 2.45) is 0 Å². The van der Waals surface area contributed by atoms with E-state index in [1.54, 1.807) is 0 Å². The lowest BCUT2D eigenvalue weighted by molar-refractivity contribution is 0.851. The van der Waals surface area contributed by atoms with Crippen LogP contribution in [0.2, 0.25) is 0 Å². The van der Waals surface area contributed by atoms with Crippen LogP contribution >= 0.6 is 22.7 Å². The zero-order chi connectivity index (χ0) is 15.1. The average molecular weight is 321 g/mol. The van der Waals surface area contributed by atoms with E-state index < -0.39 is 0 Å². The maximum absolute atomic E-state index is 2.36. The van der Waals surface area contributed by atoms with Crippen LogP contribution in [0.15, 0.2) is 60.7 Å². The first kappa shape index (κ1) is 14.0. The molecule has 2 heteroatoms. The van der Waals surface area contributed by atoms with Gasteiger partial charge in [-0.2, -0.15) is 0 Å². The lowest BCUT2D eigenvalue weighted by atomic mass is 9.92. The van der Waals surface area contributed by atoms with Gasteiger partial charge in [-0.15, -0.1) is 22.7 Å². The largest absolute Gasteiger partial charge is 0.140 e. The van der Waals surface area contributed by atoms with E-state index in [0.717, 1.165) is 0 Å². The number of hydrogen-bond acceptors (Lipinski definition) is 2. The molecule has 0 aliphatic rings. The minimum absolute atomic E-state index is 0.412. The van der Waals surface area contributed by atoms with Crippen molar-refractivity contribution in [3.05, 3.63) is 76.3 Å². The standard InChI is InChI=1S/C20H17S2/c1-13(2)20(18-11-14-7-3-5-9-16(14)21-18)19-12-15-8-4-6-10-17(15)22-19/h3-12,20H,1-2H3. The molecule has 0 fully saturated rings. The Hall–Kier alpha value is -1.64. The molecule has 2 aromatic heterocycles. The van der Waals surface area contributed by atoms with Crippen LogP contribution in [0.4, 0.5) is 0 Å². The summed E-state index contributed by atoms with van der Waals surface area (Å²) in [5.74, 6) is 1.87. The van der Waals surface area contributed by atoms with Crippen molar-refractivity contribution in [2.75, 3.05) is 0 Å². The number of benzene rings is 2. The van der Waals surface area contributed by atoms with Crippen LogP contribution in [0.1, 0.15) is 29.5 Å². The Morgan fingerprint density at radius 2 is 1.18 bits per heavy atom. The summed E-state index contributed by atoms with van der Waals surface area (Å²) in [5, 5.41) is 2.71. The minimum atomic E-state index is 0.412. The Morgan fingerprint density at radius 3 is 1.59 bits per heavy atom. The van der Waals surface area contributed by atoms with Gasteiger partial charge in [0.2, 0.25) is 0 Å². The van der Waals surface area contributed by atoms with Gasteiger partial charge in [-0.3, -0.25) is 0 Å². The summed E-state index contributed by atoms with van der Waals surface area (Å²) >= 11 is 3.85. The van der Waals surface area contributed by atoms with E-state index in [1.807, 2.05) is 22.7 Å². The maximum atomic E-state index is 2.36. The van der Waals surface area contributed by atoms with E-state index in [0.29, 0.717) is 5.92 Å². The van der Waals surface area contributed by atoms with Gasteiger partial charge in [0.1, 0.15) is 0 Å². The number of fused-ring (bicyclic) bond motifs is 2. The molecule has 0 aliphatic carbocycles. The van der Waals surface area contributed by atoms with Crippen molar-refractivity contribution < 1.29 is 0 Å². The molecule has 1 radical (unpaired) electrons. The molecule has 0 N–H and O–H groups in total. The smallest absolute Gasteiger partial charge is 0.0345 e. The molecule has 0 nitrogen and oxygen atoms in total. The third-order valence-corrected chi connectivity index (χ3v) is 6.40. The van der Waals surface area contributed by atoms with Gasteiger partial charge >= 0.3 is 0 Å². The minimum Gasteiger partial charge on any atom is -0.140 e. The second-order valence-corrected chi connectivity index (χ2v) is 8.11. The topological polar surface area (TPSA) is 0 Å². The van der Waals surface area contributed by atoms with E-state index in [9.17, 15) is 0 Å². The molecule has 109 valence electrons. The zero-order valence-electron chi connectivity index (χ0n) is 12.7. The van der Waals surface area contributed by atoms with Crippen LogP contribution in [0.5, 0.6) is 0 Å². The zero-order valence-corrected chi connectivity index (χ0v) is 14.3. The van der Waals surface area contributed by atoms with Crippen molar-refractivity contribution in [2.45, 2.75) is 19.8 Å². The van der Waals surface area contributed by atoms with Gasteiger partial charge in [0.05, 0.1) is 0 Å². The van der Waals surface area contributed by atoms with E-state index in [-0.39, 0.29) is 0 Å². The molecule has 0 unspecified atom stereocenters. The predicted octanol–water partition coefficient (Wildman–Crippen LogP) is 6.86. The molecule has 0 bridgehead atoms. The molecule has 22 heavy (non-hydrogen) atoms. The summed E-state index contributed by atoms with van der Waals surface area (Å²) < 4.78 is 2.76. The quantitative estimate of drug-likeness (QED) is 0.386. The van der Waals surface area contributed by atoms with E-state index in [2.05, 4.69) is 74.5 Å². The van der Waals surface area contributed by atoms with Gasteiger partial charge in [0.25, 0.3) is 0 Å².